The van der Waals surface area contributed by atoms with E-state index in [4.69, 9.17) is 5.11 Å². The number of aromatic nitrogens is 2. The molecule has 0 radical (unpaired) electrons. The summed E-state index contributed by atoms with van der Waals surface area (Å²) in [5, 5.41) is 22.9. The summed E-state index contributed by atoms with van der Waals surface area (Å²) >= 11 is 0. The zero-order chi connectivity index (χ0) is 14.0. The first kappa shape index (κ1) is 13.5. The summed E-state index contributed by atoms with van der Waals surface area (Å²) in [5.41, 5.74) is -0.844. The lowest BCUT2D eigenvalue weighted by Crippen LogP contribution is -2.57. The Bertz CT molecular complexity index is 507. The topological polar surface area (TPSA) is 110 Å². The molecule has 2 N–H and O–H groups in total. The van der Waals surface area contributed by atoms with E-state index < -0.39 is 16.4 Å². The second-order valence-corrected chi connectivity index (χ2v) is 4.74. The number of nitrogens with zero attached hydrogens (tertiary/aromatic N) is 3. The predicted octanol–water partition coefficient (Wildman–Crippen LogP) is 0.697. The molecule has 1 fully saturated rings. The largest absolute Gasteiger partial charge is 0.480 e. The number of hydrogen-bond acceptors (Lipinski definition) is 5. The molecule has 2 rings (SSSR count). The molecule has 0 amide bonds. The molecule has 8 heteroatoms. The van der Waals surface area contributed by atoms with Gasteiger partial charge < -0.3 is 15.2 Å². The summed E-state index contributed by atoms with van der Waals surface area (Å²) in [4.78, 5) is 25.4. The van der Waals surface area contributed by atoms with Gasteiger partial charge in [-0.05, 0) is 24.2 Å². The molecule has 0 aliphatic heterocycles. The van der Waals surface area contributed by atoms with Crippen LogP contribution in [-0.2, 0) is 11.3 Å². The number of carbonyl (C=O) groups is 1. The fourth-order valence-electron chi connectivity index (χ4n) is 2.28. The maximum atomic E-state index is 11.1. The number of rotatable bonds is 6. The monoisotopic (exact) mass is 268 g/mol. The molecule has 0 atom stereocenters. The summed E-state index contributed by atoms with van der Waals surface area (Å²) in [6.07, 6.45) is 3.32. The van der Waals surface area contributed by atoms with Gasteiger partial charge in [0.25, 0.3) is 0 Å². The predicted molar refractivity (Wildman–Crippen MR) is 65.8 cm³/mol. The van der Waals surface area contributed by atoms with Crippen molar-refractivity contribution in [3.8, 4) is 0 Å². The van der Waals surface area contributed by atoms with Crippen molar-refractivity contribution in [1.29, 1.82) is 0 Å². The fourth-order valence-corrected chi connectivity index (χ4v) is 2.28. The average molecular weight is 268 g/mol. The molecule has 104 valence electrons. The number of nitrogens with one attached hydrogen (secondary N) is 1. The molecule has 1 aliphatic rings. The number of carboxylic acid groups (broad SMARTS) is 1. The zero-order valence-electron chi connectivity index (χ0n) is 10.6. The molecule has 0 aromatic carbocycles. The Morgan fingerprint density at radius 2 is 2.37 bits per heavy atom. The minimum Gasteiger partial charge on any atom is -0.480 e. The third-order valence-corrected chi connectivity index (χ3v) is 3.64. The van der Waals surface area contributed by atoms with Crippen molar-refractivity contribution in [3.63, 3.8) is 0 Å². The van der Waals surface area contributed by atoms with Crippen LogP contribution in [0.1, 0.15) is 25.1 Å². The van der Waals surface area contributed by atoms with E-state index in [1.165, 1.54) is 10.8 Å². The van der Waals surface area contributed by atoms with E-state index in [2.05, 4.69) is 10.3 Å². The fraction of sp³-hybridized carbons (Fsp3) is 0.636. The summed E-state index contributed by atoms with van der Waals surface area (Å²) in [6, 6.07) is 0. The van der Waals surface area contributed by atoms with Crippen LogP contribution in [0.15, 0.2) is 6.20 Å². The Hall–Kier alpha value is -1.96. The van der Waals surface area contributed by atoms with E-state index in [0.29, 0.717) is 31.8 Å². The quantitative estimate of drug-likeness (QED) is 0.580. The van der Waals surface area contributed by atoms with E-state index in [-0.39, 0.29) is 5.82 Å². The smallest absolute Gasteiger partial charge is 0.342 e. The van der Waals surface area contributed by atoms with Crippen molar-refractivity contribution < 1.29 is 14.8 Å². The van der Waals surface area contributed by atoms with Gasteiger partial charge in [-0.25, -0.2) is 9.55 Å². The van der Waals surface area contributed by atoms with Gasteiger partial charge in [-0.2, -0.15) is 0 Å². The molecule has 19 heavy (non-hydrogen) atoms. The van der Waals surface area contributed by atoms with Crippen LogP contribution < -0.4 is 5.32 Å². The second-order valence-electron chi connectivity index (χ2n) is 4.74. The van der Waals surface area contributed by atoms with Gasteiger partial charge in [0, 0.05) is 13.5 Å². The first-order chi connectivity index (χ1) is 8.96. The van der Waals surface area contributed by atoms with Crippen LogP contribution in [0.3, 0.4) is 0 Å². The highest BCUT2D eigenvalue weighted by Crippen LogP contribution is 2.31. The summed E-state index contributed by atoms with van der Waals surface area (Å²) in [5.74, 6) is -0.376. The standard InChI is InChI=1S/C11H16N4O4/c1-8-12-7-9(15(18)19)14(8)6-5-13-11(10(16)17)3-2-4-11/h7,13H,2-6H2,1H3,(H,16,17). The minimum atomic E-state index is -0.851. The van der Waals surface area contributed by atoms with Crippen LogP contribution in [0.2, 0.25) is 0 Å². The molecule has 0 saturated heterocycles. The van der Waals surface area contributed by atoms with Crippen molar-refractivity contribution in [2.75, 3.05) is 6.54 Å². The normalized spacial score (nSPS) is 16.9. The van der Waals surface area contributed by atoms with Gasteiger partial charge in [0.2, 0.25) is 0 Å². The van der Waals surface area contributed by atoms with Crippen LogP contribution in [0, 0.1) is 17.0 Å². The minimum absolute atomic E-state index is 0.0720. The number of aryl methyl sites for hydroxylation is 1. The number of hydrogen-bond donors (Lipinski definition) is 2. The van der Waals surface area contributed by atoms with E-state index >= 15 is 0 Å². The number of nitro groups is 1. The van der Waals surface area contributed by atoms with E-state index in [9.17, 15) is 14.9 Å². The van der Waals surface area contributed by atoms with Crippen LogP contribution >= 0.6 is 0 Å². The molecule has 1 saturated carbocycles. The summed E-state index contributed by atoms with van der Waals surface area (Å²) in [7, 11) is 0. The first-order valence-electron chi connectivity index (χ1n) is 6.11. The Labute approximate surface area is 109 Å². The van der Waals surface area contributed by atoms with Gasteiger partial charge in [-0.15, -0.1) is 0 Å². The first-order valence-corrected chi connectivity index (χ1v) is 6.11. The maximum absolute atomic E-state index is 11.1. The van der Waals surface area contributed by atoms with Gasteiger partial charge in [-0.3, -0.25) is 10.1 Å². The zero-order valence-corrected chi connectivity index (χ0v) is 10.6. The van der Waals surface area contributed by atoms with Gasteiger partial charge in [-0.1, -0.05) is 0 Å². The van der Waals surface area contributed by atoms with Crippen LogP contribution in [0.25, 0.3) is 0 Å². The highest BCUT2D eigenvalue weighted by atomic mass is 16.6. The summed E-state index contributed by atoms with van der Waals surface area (Å²) in [6.45, 7) is 2.38. The third kappa shape index (κ3) is 2.43. The molecule has 1 heterocycles. The lowest BCUT2D eigenvalue weighted by Gasteiger charge is -2.38. The molecule has 0 spiro atoms. The van der Waals surface area contributed by atoms with Crippen molar-refractivity contribution in [2.24, 2.45) is 0 Å². The van der Waals surface area contributed by atoms with Gasteiger partial charge in [0.1, 0.15) is 18.3 Å². The number of aliphatic carboxylic acids is 1. The molecule has 0 unspecified atom stereocenters. The maximum Gasteiger partial charge on any atom is 0.342 e. The molecule has 0 bridgehead atoms. The third-order valence-electron chi connectivity index (χ3n) is 3.64. The van der Waals surface area contributed by atoms with E-state index in [1.807, 2.05) is 0 Å². The lowest BCUT2D eigenvalue weighted by molar-refractivity contribution is -0.392. The Balaban J connectivity index is 1.98. The van der Waals surface area contributed by atoms with Gasteiger partial charge in [0.05, 0.1) is 0 Å². The van der Waals surface area contributed by atoms with E-state index in [1.54, 1.807) is 6.92 Å². The molecule has 1 aromatic heterocycles. The van der Waals surface area contributed by atoms with Crippen molar-refractivity contribution >= 4 is 11.8 Å². The van der Waals surface area contributed by atoms with Crippen LogP contribution in [-0.4, -0.2) is 37.6 Å². The highest BCUT2D eigenvalue weighted by Gasteiger charge is 2.43. The SMILES string of the molecule is Cc1ncc([N+](=O)[O-])n1CCNC1(C(=O)O)CCC1. The average Bonchev–Trinajstić information content (AvgIpc) is 2.63. The van der Waals surface area contributed by atoms with E-state index in [0.717, 1.165) is 6.42 Å². The van der Waals surface area contributed by atoms with Crippen molar-refractivity contribution in [3.05, 3.63) is 22.1 Å². The summed E-state index contributed by atoms with van der Waals surface area (Å²) < 4.78 is 1.47. The van der Waals surface area contributed by atoms with Crippen LogP contribution in [0.5, 0.6) is 0 Å². The number of carboxylic acids is 1. The Morgan fingerprint density at radius 3 is 2.84 bits per heavy atom. The molecular formula is C11H16N4O4. The van der Waals surface area contributed by atoms with Crippen LogP contribution in [0.4, 0.5) is 5.82 Å². The Morgan fingerprint density at radius 1 is 1.68 bits per heavy atom. The molecule has 1 aliphatic carbocycles. The van der Waals surface area contributed by atoms with Gasteiger partial charge >= 0.3 is 11.8 Å². The number of imidazole rings is 1. The van der Waals surface area contributed by atoms with Gasteiger partial charge in [0.15, 0.2) is 5.82 Å². The Kier molecular flexibility index (Phi) is 3.52. The molecular weight excluding hydrogens is 252 g/mol. The molecule has 1 aromatic rings. The molecule has 8 nitrogen and oxygen atoms in total. The lowest BCUT2D eigenvalue weighted by atomic mass is 9.77. The van der Waals surface area contributed by atoms with Crippen molar-refractivity contribution in [2.45, 2.75) is 38.3 Å². The van der Waals surface area contributed by atoms with Crippen molar-refractivity contribution in [1.82, 2.24) is 14.9 Å². The highest BCUT2D eigenvalue weighted by molar-refractivity contribution is 5.79. The second kappa shape index (κ2) is 4.96.